The standard InChI is InChI=1S/C12H15O3P3/c1-16-10(13)7-4-8(11(14)17-2)6-9(5-7)12(15)18-3/h4-6,16-18H,1-3H3. The lowest BCUT2D eigenvalue weighted by atomic mass is 10.1. The van der Waals surface area contributed by atoms with Gasteiger partial charge < -0.3 is 0 Å². The van der Waals surface area contributed by atoms with Crippen LogP contribution in [0.5, 0.6) is 0 Å². The average molecular weight is 300 g/mol. The van der Waals surface area contributed by atoms with Gasteiger partial charge in [-0.3, -0.25) is 14.4 Å². The third-order valence-electron chi connectivity index (χ3n) is 2.40. The predicted molar refractivity (Wildman–Crippen MR) is 82.2 cm³/mol. The van der Waals surface area contributed by atoms with E-state index >= 15 is 0 Å². The van der Waals surface area contributed by atoms with E-state index in [0.717, 1.165) is 0 Å². The summed E-state index contributed by atoms with van der Waals surface area (Å²) in [6.07, 6.45) is 0. The van der Waals surface area contributed by atoms with Gasteiger partial charge in [0.25, 0.3) is 0 Å². The second-order valence-electron chi connectivity index (χ2n) is 3.54. The Bertz CT molecular complexity index is 414. The van der Waals surface area contributed by atoms with Crippen molar-refractivity contribution in [2.75, 3.05) is 20.0 Å². The Labute approximate surface area is 112 Å². The van der Waals surface area contributed by atoms with Gasteiger partial charge in [0.15, 0.2) is 16.6 Å². The first-order valence-electron chi connectivity index (χ1n) is 5.34. The van der Waals surface area contributed by atoms with E-state index in [1.54, 1.807) is 38.2 Å². The third-order valence-corrected chi connectivity index (χ3v) is 4.63. The van der Waals surface area contributed by atoms with Crippen LogP contribution < -0.4 is 0 Å². The first kappa shape index (κ1) is 15.6. The second kappa shape index (κ2) is 7.19. The van der Waals surface area contributed by atoms with Crippen LogP contribution in [0.3, 0.4) is 0 Å². The zero-order valence-electron chi connectivity index (χ0n) is 10.5. The molecule has 0 heterocycles. The van der Waals surface area contributed by atoms with Crippen LogP contribution in [-0.4, -0.2) is 36.6 Å². The first-order chi connectivity index (χ1) is 8.53. The molecule has 0 saturated carbocycles. The lowest BCUT2D eigenvalue weighted by Gasteiger charge is -2.06. The summed E-state index contributed by atoms with van der Waals surface area (Å²) in [5, 5.41) is 0. The molecule has 0 aliphatic heterocycles. The molecular formula is C12H15O3P3. The van der Waals surface area contributed by atoms with Crippen molar-refractivity contribution in [3.63, 3.8) is 0 Å². The molecule has 0 aliphatic carbocycles. The molecule has 0 N–H and O–H groups in total. The first-order valence-corrected chi connectivity index (χ1v) is 9.84. The second-order valence-corrected chi connectivity index (χ2v) is 6.40. The normalized spacial score (nSPS) is 12.2. The van der Waals surface area contributed by atoms with Crippen molar-refractivity contribution in [3.05, 3.63) is 34.9 Å². The van der Waals surface area contributed by atoms with Gasteiger partial charge in [0.05, 0.1) is 0 Å². The van der Waals surface area contributed by atoms with Crippen LogP contribution in [0.2, 0.25) is 0 Å². The Morgan fingerprint density at radius 2 is 0.889 bits per heavy atom. The smallest absolute Gasteiger partial charge is 0.180 e. The van der Waals surface area contributed by atoms with Gasteiger partial charge in [-0.05, 0) is 63.9 Å². The molecule has 1 rings (SSSR count). The Kier molecular flexibility index (Phi) is 6.22. The lowest BCUT2D eigenvalue weighted by molar-refractivity contribution is 0.108. The Morgan fingerprint density at radius 3 is 1.06 bits per heavy atom. The van der Waals surface area contributed by atoms with Crippen molar-refractivity contribution >= 4 is 42.3 Å². The minimum absolute atomic E-state index is 0.0161. The zero-order chi connectivity index (χ0) is 13.7. The maximum absolute atomic E-state index is 11.7. The fourth-order valence-electron chi connectivity index (χ4n) is 1.45. The molecule has 0 radical (unpaired) electrons. The molecule has 1 aromatic carbocycles. The molecule has 18 heavy (non-hydrogen) atoms. The zero-order valence-corrected chi connectivity index (χ0v) is 13.5. The molecule has 3 nitrogen and oxygen atoms in total. The van der Waals surface area contributed by atoms with E-state index < -0.39 is 0 Å². The number of hydrogen-bond donors (Lipinski definition) is 0. The Balaban J connectivity index is 3.32. The Hall–Kier alpha value is -0.480. The molecule has 1 aromatic rings. The number of rotatable bonds is 6. The minimum Gasteiger partial charge on any atom is -0.289 e. The van der Waals surface area contributed by atoms with Gasteiger partial charge in [-0.15, -0.1) is 0 Å². The largest absolute Gasteiger partial charge is 0.289 e. The molecule has 0 fully saturated rings. The number of benzene rings is 1. The van der Waals surface area contributed by atoms with Gasteiger partial charge in [-0.2, -0.15) is 0 Å². The molecule has 6 heteroatoms. The summed E-state index contributed by atoms with van der Waals surface area (Å²) in [4.78, 5) is 35.2. The summed E-state index contributed by atoms with van der Waals surface area (Å²) in [5.41, 5.74) is 1.37. The van der Waals surface area contributed by atoms with E-state index in [1.165, 1.54) is 0 Å². The highest BCUT2D eigenvalue weighted by Gasteiger charge is 2.14. The summed E-state index contributed by atoms with van der Waals surface area (Å²) in [5.74, 6) is 0. The fraction of sp³-hybridized carbons (Fsp3) is 0.250. The molecule has 0 aromatic heterocycles. The topological polar surface area (TPSA) is 51.2 Å². The van der Waals surface area contributed by atoms with Gasteiger partial charge in [-0.1, -0.05) is 0 Å². The van der Waals surface area contributed by atoms with E-state index in [4.69, 9.17) is 0 Å². The van der Waals surface area contributed by atoms with Gasteiger partial charge in [0, 0.05) is 16.7 Å². The Morgan fingerprint density at radius 1 is 0.667 bits per heavy atom. The molecule has 0 amide bonds. The predicted octanol–water partition coefficient (Wildman–Crippen LogP) is 3.03. The maximum Gasteiger partial charge on any atom is 0.180 e. The number of carbonyl (C=O) groups excluding carboxylic acids is 3. The van der Waals surface area contributed by atoms with Crippen LogP contribution in [0.1, 0.15) is 31.1 Å². The van der Waals surface area contributed by atoms with Crippen LogP contribution in [0.4, 0.5) is 0 Å². The van der Waals surface area contributed by atoms with E-state index in [2.05, 4.69) is 0 Å². The highest BCUT2D eigenvalue weighted by atomic mass is 31.1. The van der Waals surface area contributed by atoms with Crippen molar-refractivity contribution in [3.8, 4) is 0 Å². The molecule has 3 atom stereocenters. The van der Waals surface area contributed by atoms with Crippen molar-refractivity contribution in [2.45, 2.75) is 0 Å². The van der Waals surface area contributed by atoms with E-state index in [0.29, 0.717) is 16.7 Å². The van der Waals surface area contributed by atoms with Crippen molar-refractivity contribution in [1.82, 2.24) is 0 Å². The van der Waals surface area contributed by atoms with Crippen LogP contribution in [-0.2, 0) is 0 Å². The summed E-state index contributed by atoms with van der Waals surface area (Å²) in [6, 6.07) is 4.81. The summed E-state index contributed by atoms with van der Waals surface area (Å²) < 4.78 is 0. The number of carbonyl (C=O) groups is 3. The SMILES string of the molecule is CPC(=O)c1cc(C(=O)PC)cc(C(=O)PC)c1. The summed E-state index contributed by atoms with van der Waals surface area (Å²) >= 11 is 0. The van der Waals surface area contributed by atoms with Crippen LogP contribution in [0.15, 0.2) is 18.2 Å². The van der Waals surface area contributed by atoms with E-state index in [9.17, 15) is 14.4 Å². The van der Waals surface area contributed by atoms with Crippen molar-refractivity contribution < 1.29 is 14.4 Å². The van der Waals surface area contributed by atoms with Gasteiger partial charge in [0.1, 0.15) is 0 Å². The number of hydrogen-bond acceptors (Lipinski definition) is 3. The van der Waals surface area contributed by atoms with Gasteiger partial charge in [-0.25, -0.2) is 0 Å². The molecule has 0 spiro atoms. The molecule has 3 unspecified atom stereocenters. The minimum atomic E-state index is -0.0161. The molecule has 0 bridgehead atoms. The van der Waals surface area contributed by atoms with Crippen molar-refractivity contribution in [1.29, 1.82) is 0 Å². The summed E-state index contributed by atoms with van der Waals surface area (Å²) in [7, 11) is 0.400. The van der Waals surface area contributed by atoms with E-state index in [1.807, 2.05) is 0 Å². The molecule has 0 aliphatic rings. The maximum atomic E-state index is 11.7. The monoisotopic (exact) mass is 300 g/mol. The molecular weight excluding hydrogens is 285 g/mol. The quantitative estimate of drug-likeness (QED) is 0.759. The average Bonchev–Trinajstić information content (AvgIpc) is 2.43. The molecule has 0 saturated heterocycles. The van der Waals surface area contributed by atoms with Crippen LogP contribution in [0.25, 0.3) is 0 Å². The van der Waals surface area contributed by atoms with Crippen LogP contribution in [0, 0.1) is 0 Å². The van der Waals surface area contributed by atoms with E-state index in [-0.39, 0.29) is 42.3 Å². The lowest BCUT2D eigenvalue weighted by Crippen LogP contribution is -2.02. The van der Waals surface area contributed by atoms with Crippen LogP contribution >= 0.6 is 25.7 Å². The highest BCUT2D eigenvalue weighted by molar-refractivity contribution is 7.59. The summed E-state index contributed by atoms with van der Waals surface area (Å²) in [6.45, 7) is 5.38. The van der Waals surface area contributed by atoms with Crippen molar-refractivity contribution in [2.24, 2.45) is 0 Å². The molecule has 96 valence electrons. The third kappa shape index (κ3) is 3.75. The van der Waals surface area contributed by atoms with Gasteiger partial charge >= 0.3 is 0 Å². The fourth-order valence-corrected chi connectivity index (χ4v) is 2.75. The van der Waals surface area contributed by atoms with Gasteiger partial charge in [0.2, 0.25) is 0 Å². The highest BCUT2D eigenvalue weighted by Crippen LogP contribution is 2.24.